The number of hydrogen-bond donors (Lipinski definition) is 0. The van der Waals surface area contributed by atoms with Crippen molar-refractivity contribution in [3.8, 4) is 23.3 Å². The van der Waals surface area contributed by atoms with Crippen LogP contribution in [0.4, 0.5) is 19.0 Å². The molecule has 5 rings (SSSR count). The average molecular weight is 551 g/mol. The Morgan fingerprint density at radius 2 is 1.75 bits per heavy atom. The van der Waals surface area contributed by atoms with Crippen LogP contribution in [0.3, 0.4) is 0 Å². The van der Waals surface area contributed by atoms with E-state index in [-0.39, 0.29) is 12.4 Å². The van der Waals surface area contributed by atoms with Crippen LogP contribution in [0.5, 0.6) is 17.2 Å². The van der Waals surface area contributed by atoms with Gasteiger partial charge in [0, 0.05) is 13.1 Å². The molecule has 0 N–H and O–H groups in total. The molecule has 1 saturated heterocycles. The molecule has 0 bridgehead atoms. The molecule has 1 aliphatic heterocycles. The first-order chi connectivity index (χ1) is 19.3. The van der Waals surface area contributed by atoms with Gasteiger partial charge in [0.25, 0.3) is 0 Å². The summed E-state index contributed by atoms with van der Waals surface area (Å²) in [6, 6.07) is 17.0. The minimum Gasteiger partial charge on any atom is -0.493 e. The smallest absolute Gasteiger partial charge is 0.493 e. The van der Waals surface area contributed by atoms with Gasteiger partial charge in [-0.25, -0.2) is 4.98 Å². The van der Waals surface area contributed by atoms with E-state index in [0.717, 1.165) is 16.9 Å². The summed E-state index contributed by atoms with van der Waals surface area (Å²) in [7, 11) is 1.52. The van der Waals surface area contributed by atoms with E-state index in [2.05, 4.69) is 20.7 Å². The summed E-state index contributed by atoms with van der Waals surface area (Å²) in [5, 5.41) is 10.0. The van der Waals surface area contributed by atoms with Gasteiger partial charge < -0.3 is 23.8 Å². The third-order valence-electron chi connectivity index (χ3n) is 6.41. The van der Waals surface area contributed by atoms with Gasteiger partial charge in [0.05, 0.1) is 37.6 Å². The van der Waals surface area contributed by atoms with Crippen molar-refractivity contribution in [3.63, 3.8) is 0 Å². The Morgan fingerprint density at radius 3 is 2.45 bits per heavy atom. The monoisotopic (exact) mass is 550 g/mol. The highest BCUT2D eigenvalue weighted by Crippen LogP contribution is 2.31. The first-order valence-electron chi connectivity index (χ1n) is 12.5. The van der Waals surface area contributed by atoms with Crippen molar-refractivity contribution >= 4 is 16.9 Å². The summed E-state index contributed by atoms with van der Waals surface area (Å²) in [5.41, 5.74) is 4.04. The summed E-state index contributed by atoms with van der Waals surface area (Å²) >= 11 is 0. The maximum atomic E-state index is 12.4. The fourth-order valence-corrected chi connectivity index (χ4v) is 4.44. The van der Waals surface area contributed by atoms with Crippen LogP contribution in [0.25, 0.3) is 11.0 Å². The van der Waals surface area contributed by atoms with Gasteiger partial charge in [0.2, 0.25) is 0 Å². The summed E-state index contributed by atoms with van der Waals surface area (Å²) in [4.78, 5) is 11.4. The lowest BCUT2D eigenvalue weighted by molar-refractivity contribution is -0.274. The molecule has 0 unspecified atom stereocenters. The molecule has 1 aliphatic rings. The summed E-state index contributed by atoms with van der Waals surface area (Å²) in [6.45, 7) is 2.79. The number of benzene rings is 3. The summed E-state index contributed by atoms with van der Waals surface area (Å²) in [5.74, 6) is 1.38. The van der Waals surface area contributed by atoms with E-state index in [1.54, 1.807) is 12.3 Å². The van der Waals surface area contributed by atoms with Crippen LogP contribution >= 0.6 is 0 Å². The molecule has 0 radical (unpaired) electrons. The highest BCUT2D eigenvalue weighted by molar-refractivity contribution is 5.83. The largest absolute Gasteiger partial charge is 0.573 e. The number of alkyl halides is 3. The second-order valence-corrected chi connectivity index (χ2v) is 9.05. The van der Waals surface area contributed by atoms with Gasteiger partial charge >= 0.3 is 6.36 Å². The average Bonchev–Trinajstić information content (AvgIpc) is 2.96. The van der Waals surface area contributed by atoms with Crippen molar-refractivity contribution < 1.29 is 32.1 Å². The third kappa shape index (κ3) is 6.35. The van der Waals surface area contributed by atoms with Crippen molar-refractivity contribution in [3.05, 3.63) is 83.0 Å². The Hall–Kier alpha value is -4.56. The number of nitriles is 1. The number of ether oxygens (including phenoxy) is 4. The van der Waals surface area contributed by atoms with Crippen LogP contribution in [-0.4, -0.2) is 49.7 Å². The zero-order valence-electron chi connectivity index (χ0n) is 21.6. The normalized spacial score (nSPS) is 13.6. The number of halogens is 3. The van der Waals surface area contributed by atoms with Gasteiger partial charge in [-0.15, -0.1) is 13.2 Å². The van der Waals surface area contributed by atoms with Crippen molar-refractivity contribution in [1.82, 2.24) is 9.97 Å². The second-order valence-electron chi connectivity index (χ2n) is 9.05. The van der Waals surface area contributed by atoms with E-state index < -0.39 is 6.36 Å². The summed E-state index contributed by atoms with van der Waals surface area (Å²) in [6.07, 6.45) is -2.56. The Kier molecular flexibility index (Phi) is 7.89. The molecule has 0 saturated carbocycles. The Balaban J connectivity index is 1.32. The minimum atomic E-state index is -4.74. The van der Waals surface area contributed by atoms with E-state index >= 15 is 0 Å². The van der Waals surface area contributed by atoms with E-state index in [4.69, 9.17) is 19.2 Å². The fourth-order valence-electron chi connectivity index (χ4n) is 4.44. The van der Waals surface area contributed by atoms with Crippen molar-refractivity contribution in [2.75, 3.05) is 38.3 Å². The molecule has 40 heavy (non-hydrogen) atoms. The number of fused-ring (bicyclic) bond motifs is 1. The second kappa shape index (κ2) is 11.7. The SMILES string of the molecule is COc1cc(Cc2ccc3ncc(N4CCOCC4)nc3c2C#N)ccc1OCc1ccc(OC(F)(F)F)cc1. The predicted octanol–water partition coefficient (Wildman–Crippen LogP) is 5.42. The Morgan fingerprint density at radius 1 is 1.00 bits per heavy atom. The number of rotatable bonds is 8. The van der Waals surface area contributed by atoms with Crippen molar-refractivity contribution in [2.45, 2.75) is 19.4 Å². The minimum absolute atomic E-state index is 0.120. The number of methoxy groups -OCH3 is 1. The molecule has 0 atom stereocenters. The van der Waals surface area contributed by atoms with Gasteiger partial charge in [0.1, 0.15) is 29.8 Å². The standard InChI is InChI=1S/C29H25F3N4O4/c1-37-26-15-20(4-9-25(26)39-18-19-2-6-22(7-3-19)40-29(30,31)32)14-21-5-8-24-28(23(21)16-33)35-27(17-34-24)36-10-12-38-13-11-36/h2-9,15,17H,10-14,18H2,1H3. The zero-order chi connectivity index (χ0) is 28.1. The first-order valence-corrected chi connectivity index (χ1v) is 12.5. The summed E-state index contributed by atoms with van der Waals surface area (Å²) < 4.78 is 57.8. The van der Waals surface area contributed by atoms with Gasteiger partial charge in [-0.2, -0.15) is 5.26 Å². The fraction of sp³-hybridized carbons (Fsp3) is 0.276. The molecule has 0 amide bonds. The van der Waals surface area contributed by atoms with Crippen LogP contribution < -0.4 is 19.1 Å². The zero-order valence-corrected chi connectivity index (χ0v) is 21.6. The molecule has 8 nitrogen and oxygen atoms in total. The van der Waals surface area contributed by atoms with Gasteiger partial charge in [-0.05, 0) is 53.4 Å². The van der Waals surface area contributed by atoms with Crippen LogP contribution in [0.15, 0.2) is 60.8 Å². The molecule has 0 spiro atoms. The topological polar surface area (TPSA) is 89.7 Å². The van der Waals surface area contributed by atoms with E-state index in [1.165, 1.54) is 31.4 Å². The molecule has 1 aromatic heterocycles. The quantitative estimate of drug-likeness (QED) is 0.288. The molecule has 2 heterocycles. The number of nitrogens with zero attached hydrogens (tertiary/aromatic N) is 4. The number of hydrogen-bond acceptors (Lipinski definition) is 8. The lowest BCUT2D eigenvalue weighted by Gasteiger charge is -2.27. The number of aromatic nitrogens is 2. The predicted molar refractivity (Wildman–Crippen MR) is 141 cm³/mol. The van der Waals surface area contributed by atoms with E-state index in [9.17, 15) is 18.4 Å². The molecule has 11 heteroatoms. The Bertz CT molecular complexity index is 1530. The molecular weight excluding hydrogens is 525 g/mol. The van der Waals surface area contributed by atoms with Gasteiger partial charge in [0.15, 0.2) is 11.5 Å². The number of morpholine rings is 1. The van der Waals surface area contributed by atoms with Crippen molar-refractivity contribution in [2.24, 2.45) is 0 Å². The Labute approximate surface area is 228 Å². The van der Waals surface area contributed by atoms with E-state index in [1.807, 2.05) is 24.3 Å². The molecule has 3 aromatic carbocycles. The van der Waals surface area contributed by atoms with Crippen LogP contribution in [0.1, 0.15) is 22.3 Å². The third-order valence-corrected chi connectivity index (χ3v) is 6.41. The lowest BCUT2D eigenvalue weighted by Crippen LogP contribution is -2.36. The first kappa shape index (κ1) is 27.0. The highest BCUT2D eigenvalue weighted by Gasteiger charge is 2.31. The van der Waals surface area contributed by atoms with Crippen LogP contribution in [-0.2, 0) is 17.8 Å². The number of anilines is 1. The molecule has 4 aromatic rings. The maximum Gasteiger partial charge on any atom is 0.573 e. The molecule has 1 fully saturated rings. The maximum absolute atomic E-state index is 12.4. The lowest BCUT2D eigenvalue weighted by atomic mass is 9.98. The molecular formula is C29H25F3N4O4. The molecule has 206 valence electrons. The van der Waals surface area contributed by atoms with Gasteiger partial charge in [-0.3, -0.25) is 4.98 Å². The van der Waals surface area contributed by atoms with Gasteiger partial charge in [-0.1, -0.05) is 24.3 Å². The molecule has 0 aliphatic carbocycles. The highest BCUT2D eigenvalue weighted by atomic mass is 19.4. The van der Waals surface area contributed by atoms with Crippen molar-refractivity contribution in [1.29, 1.82) is 5.26 Å². The van der Waals surface area contributed by atoms with E-state index in [0.29, 0.717) is 66.4 Å². The van der Waals surface area contributed by atoms with Crippen LogP contribution in [0.2, 0.25) is 0 Å². The van der Waals surface area contributed by atoms with Crippen LogP contribution in [0, 0.1) is 11.3 Å².